The fourth-order valence-electron chi connectivity index (χ4n) is 13.7. The average Bonchev–Trinajstić information content (AvgIpc) is 1.59. The maximum absolute atomic E-state index is 12.8. The van der Waals surface area contributed by atoms with Gasteiger partial charge in [0.25, 0.3) is 0 Å². The fraction of sp³-hybridized carbons (Fsp3) is 0. The maximum atomic E-state index is 12.8. The molecular weight excluding hydrogens is 1930 g/mol. The Bertz CT molecular complexity index is 6400. The fourth-order valence-corrected chi connectivity index (χ4v) is 24.0. The first-order valence-electron chi connectivity index (χ1n) is 33.5. The van der Waals surface area contributed by atoms with E-state index in [1.54, 1.807) is 58.2 Å². The second-order valence-corrected chi connectivity index (χ2v) is 36.5. The molecule has 20 rings (SSSR count). The minimum Gasteiger partial charge on any atom is 0 e. The molecule has 3 aliphatic rings. The van der Waals surface area contributed by atoms with Gasteiger partial charge >= 0.3 is 467 Å². The van der Waals surface area contributed by atoms with Crippen LogP contribution in [0.25, 0.3) is 120 Å². The Balaban J connectivity index is 0.000000126. The van der Waals surface area contributed by atoms with Gasteiger partial charge in [-0.15, -0.1) is 6.07 Å². The Morgan fingerprint density at radius 2 is 0.688 bits per heavy atom. The standard InChI is InChI=1S/C22H15N2O2S.C22H15N2O2Se.C22H15N2OSe.C22H15N2Se.4Rh/c2*1-15-6-2-4-8-20(15)24-14-17(13-23-24)16-10-11-22-19(12-16)18-7-3-5-9-21(18)27(22,25)26;1-15-6-2-4-8-20(15)24-14-17(13-23-24)16-10-11-22-19(12-16)18-7-3-5-9-21(18)26(22)25;1-15-6-2-4-8-20(15)24-14-17(13-23-24)16-10-11-22-19(12-16)18-7-3-5-9-21(18)25-22;;;;/h2*2-14H,1H2;2-14H,1H2;2-14H,1H2;;;;/q4*-1;;;;. The van der Waals surface area contributed by atoms with Crippen molar-refractivity contribution in [1.82, 2.24) is 39.1 Å². The van der Waals surface area contributed by atoms with Crippen molar-refractivity contribution in [2.24, 2.45) is 0 Å². The van der Waals surface area contributed by atoms with Crippen LogP contribution in [-0.4, -0.2) is 88.6 Å². The molecule has 8 heterocycles. The Kier molecular flexibility index (Phi) is 22.8. The van der Waals surface area contributed by atoms with Crippen molar-refractivity contribution in [1.29, 1.82) is 0 Å². The molecule has 12 aromatic carbocycles. The summed E-state index contributed by atoms with van der Waals surface area (Å²) >= 11 is -6.01. The van der Waals surface area contributed by atoms with Gasteiger partial charge in [0.2, 0.25) is 9.84 Å². The molecule has 13 nitrogen and oxygen atoms in total. The second kappa shape index (κ2) is 32.1. The number of hydrogen-bond acceptors (Lipinski definition) is 9. The molecule has 0 N–H and O–H groups in total. The molecule has 1 unspecified atom stereocenters. The molecule has 0 saturated carbocycles. The van der Waals surface area contributed by atoms with Gasteiger partial charge in [0.15, 0.2) is 0 Å². The van der Waals surface area contributed by atoms with Gasteiger partial charge in [-0.1, -0.05) is 36.4 Å². The number of rotatable bonds is 8. The molecule has 17 aromatic rings. The second-order valence-electron chi connectivity index (χ2n) is 25.4. The third-order valence-corrected chi connectivity index (χ3v) is 30.4. The zero-order valence-corrected chi connectivity index (χ0v) is 69.9. The summed E-state index contributed by atoms with van der Waals surface area (Å²) in [6.45, 7) is 16.2. The van der Waals surface area contributed by atoms with Crippen LogP contribution >= 0.6 is 0 Å². The van der Waals surface area contributed by atoms with E-state index in [-0.39, 0.29) is 77.9 Å². The Labute approximate surface area is 694 Å². The maximum Gasteiger partial charge on any atom is 0 e. The molecule has 0 amide bonds. The van der Waals surface area contributed by atoms with E-state index < -0.39 is 36.4 Å². The number of fused-ring (bicyclic) bond motifs is 12. The van der Waals surface area contributed by atoms with Crippen molar-refractivity contribution >= 4 is 88.0 Å². The third kappa shape index (κ3) is 14.6. The summed E-state index contributed by atoms with van der Waals surface area (Å²) in [5.41, 5.74) is 20.9. The van der Waals surface area contributed by atoms with Crippen LogP contribution in [0.4, 0.5) is 0 Å². The molecule has 0 fully saturated rings. The van der Waals surface area contributed by atoms with Crippen LogP contribution in [0.3, 0.4) is 0 Å². The van der Waals surface area contributed by atoms with E-state index in [1.165, 1.54) is 24.9 Å². The molecule has 109 heavy (non-hydrogen) atoms. The van der Waals surface area contributed by atoms with Crippen LogP contribution in [0, 0.1) is 27.7 Å². The van der Waals surface area contributed by atoms with Crippen molar-refractivity contribution in [3.63, 3.8) is 0 Å². The smallest absolute Gasteiger partial charge is 0 e. The van der Waals surface area contributed by atoms with Crippen LogP contribution in [-0.2, 0) is 99.3 Å². The van der Waals surface area contributed by atoms with Crippen molar-refractivity contribution in [3.05, 3.63) is 366 Å². The van der Waals surface area contributed by atoms with Gasteiger partial charge in [-0.3, -0.25) is 4.68 Å². The third-order valence-electron chi connectivity index (χ3n) is 19.0. The van der Waals surface area contributed by atoms with Crippen molar-refractivity contribution in [3.8, 4) is 101 Å². The zero-order valence-electron chi connectivity index (χ0n) is 57.4. The van der Waals surface area contributed by atoms with E-state index in [2.05, 4.69) is 109 Å². The first-order chi connectivity index (χ1) is 51.1. The predicted octanol–water partition coefficient (Wildman–Crippen LogP) is 16.0. The van der Waals surface area contributed by atoms with Gasteiger partial charge in [-0.2, -0.15) is 23.7 Å². The average molecular weight is 1990 g/mol. The first-order valence-corrected chi connectivity index (χ1v) is 42.2. The van der Waals surface area contributed by atoms with Gasteiger partial charge in [-0.05, 0) is 29.4 Å². The van der Waals surface area contributed by atoms with E-state index in [9.17, 15) is 19.9 Å². The number of sulfone groups is 1. The SMILES string of the molecule is [CH2-]c1ccccc1-n1cc(-c2ccc3[se]c4ccccc4c3c2)cn1.[CH2-]c1ccccc1-n1cc(-c2ccc3c(c2)-c2ccccc2S3(=O)=O)cn1.[CH2-]c1ccccc1-n1cc(-c2ccc3c(c2)-c2ccccc2[Se]3(=O)=O)cn1.[CH2-]c1ccccc1-n1cc(-c2ccc3c(c2)-c2ccccc2[Se]3=O)cn1.[Rh].[Rh].[Rh].[Rh]. The molecule has 3 aliphatic heterocycles. The summed E-state index contributed by atoms with van der Waals surface area (Å²) in [6.07, 6.45) is 15.3. The summed E-state index contributed by atoms with van der Waals surface area (Å²) in [4.78, 5) is 0.738. The molecule has 0 aliphatic carbocycles. The quantitative estimate of drug-likeness (QED) is 0.107. The minimum absolute atomic E-state index is 0. The number of nitrogens with zero attached hydrogens (tertiary/aromatic N) is 8. The van der Waals surface area contributed by atoms with Gasteiger partial charge in [0.05, 0.1) is 16.0 Å². The van der Waals surface area contributed by atoms with Crippen molar-refractivity contribution in [2.45, 2.75) is 9.79 Å². The van der Waals surface area contributed by atoms with Gasteiger partial charge in [0, 0.05) is 101 Å². The molecule has 4 radical (unpaired) electrons. The van der Waals surface area contributed by atoms with E-state index in [0.717, 1.165) is 126 Å². The van der Waals surface area contributed by atoms with Crippen LogP contribution < -0.4 is 17.8 Å². The number of hydrogen-bond donors (Lipinski definition) is 0. The number of para-hydroxylation sites is 4. The van der Waals surface area contributed by atoms with Crippen LogP contribution in [0.1, 0.15) is 22.3 Å². The summed E-state index contributed by atoms with van der Waals surface area (Å²) in [6, 6.07) is 86.6. The molecule has 0 bridgehead atoms. The summed E-state index contributed by atoms with van der Waals surface area (Å²) in [5.74, 6) is 0. The number of benzene rings is 12. The normalized spacial score (nSPS) is 13.0. The van der Waals surface area contributed by atoms with E-state index in [1.807, 2.05) is 216 Å². The van der Waals surface area contributed by atoms with E-state index in [4.69, 9.17) is 0 Å². The van der Waals surface area contributed by atoms with Crippen LogP contribution in [0.15, 0.2) is 326 Å². The Morgan fingerprint density at radius 1 is 0.321 bits per heavy atom. The minimum atomic E-state index is -4.29. The molecule has 21 heteroatoms. The predicted molar refractivity (Wildman–Crippen MR) is 420 cm³/mol. The molecular formula is C88H60N8O5Rh4SSe3-4. The largest absolute Gasteiger partial charge is 0 e. The summed E-state index contributed by atoms with van der Waals surface area (Å²) in [7, 11) is -3.44. The Hall–Kier alpha value is -9.64. The van der Waals surface area contributed by atoms with Crippen LogP contribution in [0.5, 0.6) is 0 Å². The summed E-state index contributed by atoms with van der Waals surface area (Å²) in [5, 5.41) is 20.7. The van der Waals surface area contributed by atoms with Crippen molar-refractivity contribution in [2.75, 3.05) is 0 Å². The van der Waals surface area contributed by atoms with Crippen molar-refractivity contribution < 1.29 is 97.8 Å². The molecule has 0 spiro atoms. The molecule has 546 valence electrons. The topological polar surface area (TPSA) is 157 Å². The zero-order chi connectivity index (χ0) is 71.7. The van der Waals surface area contributed by atoms with Gasteiger partial charge in [0.1, 0.15) is 0 Å². The number of aromatic nitrogens is 8. The molecule has 0 saturated heterocycles. The molecule has 5 aromatic heterocycles. The summed E-state index contributed by atoms with van der Waals surface area (Å²) < 4.78 is 76.9. The first kappa shape index (κ1) is 77.5. The van der Waals surface area contributed by atoms with E-state index in [0.29, 0.717) is 33.2 Å². The Morgan fingerprint density at radius 3 is 1.22 bits per heavy atom. The van der Waals surface area contributed by atoms with E-state index >= 15 is 0 Å². The monoisotopic (exact) mass is 1990 g/mol. The van der Waals surface area contributed by atoms with Crippen LogP contribution in [0.2, 0.25) is 0 Å². The van der Waals surface area contributed by atoms with Gasteiger partial charge in [-0.25, -0.2) is 8.42 Å². The van der Waals surface area contributed by atoms with Gasteiger partial charge < -0.3 is 0 Å². The molecule has 1 atom stereocenters.